The van der Waals surface area contributed by atoms with Crippen LogP contribution in [0.1, 0.15) is 0 Å². The molecule has 1 aromatic carbocycles. The highest BCUT2D eigenvalue weighted by atomic mass is 35.5. The maximum Gasteiger partial charge on any atom is 0.239 e. The molecule has 0 unspecified atom stereocenters. The molecule has 0 fully saturated rings. The van der Waals surface area contributed by atoms with E-state index in [0.717, 1.165) is 12.1 Å². The summed E-state index contributed by atoms with van der Waals surface area (Å²) in [6.45, 7) is 0. The van der Waals surface area contributed by atoms with Crippen LogP contribution in [0.25, 0.3) is 0 Å². The van der Waals surface area contributed by atoms with Gasteiger partial charge in [0.15, 0.2) is 0 Å². The topological polar surface area (TPSA) is 80.4 Å². The Hall–Kier alpha value is -0.490. The Labute approximate surface area is 84.9 Å². The number of sulfonamides is 1. The highest BCUT2D eigenvalue weighted by Crippen LogP contribution is 2.35. The zero-order valence-electron chi connectivity index (χ0n) is 6.16. The fourth-order valence-electron chi connectivity index (χ4n) is 0.741. The summed E-state index contributed by atoms with van der Waals surface area (Å²) in [5.74, 6) is -0.293. The Balaban J connectivity index is 3.53. The average Bonchev–Trinajstić information content (AvgIpc) is 1.98. The van der Waals surface area contributed by atoms with Crippen LogP contribution in [0.5, 0.6) is 5.75 Å². The van der Waals surface area contributed by atoms with Crippen molar-refractivity contribution in [2.24, 2.45) is 5.14 Å². The molecule has 72 valence electrons. The van der Waals surface area contributed by atoms with Crippen molar-refractivity contribution in [1.82, 2.24) is 0 Å². The lowest BCUT2D eigenvalue weighted by atomic mass is 10.3. The predicted molar refractivity (Wildman–Crippen MR) is 49.5 cm³/mol. The first-order valence-corrected chi connectivity index (χ1v) is 5.34. The molecule has 0 aliphatic heterocycles. The number of phenolic OH excluding ortho intramolecular Hbond substituents is 1. The number of hydrogen-bond donors (Lipinski definition) is 2. The van der Waals surface area contributed by atoms with Gasteiger partial charge in [0, 0.05) is 0 Å². The minimum absolute atomic E-state index is 0.229. The first kappa shape index (κ1) is 10.6. The molecule has 13 heavy (non-hydrogen) atoms. The molecular weight excluding hydrogens is 237 g/mol. The van der Waals surface area contributed by atoms with Crippen LogP contribution < -0.4 is 5.14 Å². The van der Waals surface area contributed by atoms with Gasteiger partial charge >= 0.3 is 0 Å². The highest BCUT2D eigenvalue weighted by Gasteiger charge is 2.17. The zero-order chi connectivity index (χ0) is 10.2. The number of halogens is 2. The first-order valence-electron chi connectivity index (χ1n) is 3.04. The second kappa shape index (κ2) is 3.34. The normalized spacial score (nSPS) is 11.6. The van der Waals surface area contributed by atoms with E-state index in [2.05, 4.69) is 0 Å². The van der Waals surface area contributed by atoms with E-state index in [4.69, 9.17) is 33.4 Å². The number of nitrogens with two attached hydrogens (primary N) is 1. The number of benzene rings is 1. The summed E-state index contributed by atoms with van der Waals surface area (Å²) in [6.07, 6.45) is 0. The molecule has 0 bridgehead atoms. The maximum atomic E-state index is 10.9. The largest absolute Gasteiger partial charge is 0.506 e. The predicted octanol–water partition coefficient (Wildman–Crippen LogP) is 1.35. The molecule has 0 heterocycles. The minimum atomic E-state index is -3.90. The number of primary sulfonamides is 1. The average molecular weight is 242 g/mol. The van der Waals surface area contributed by atoms with Gasteiger partial charge in [-0.25, -0.2) is 13.6 Å². The van der Waals surface area contributed by atoms with Gasteiger partial charge in [-0.05, 0) is 12.1 Å². The SMILES string of the molecule is NS(=O)(=O)c1ccc(O)c(Cl)c1Cl. The van der Waals surface area contributed by atoms with E-state index in [1.54, 1.807) is 0 Å². The van der Waals surface area contributed by atoms with Gasteiger partial charge < -0.3 is 5.11 Å². The molecule has 0 saturated heterocycles. The minimum Gasteiger partial charge on any atom is -0.506 e. The summed E-state index contributed by atoms with van der Waals surface area (Å²) in [5, 5.41) is 13.4. The van der Waals surface area contributed by atoms with E-state index in [0.29, 0.717) is 0 Å². The van der Waals surface area contributed by atoms with Crippen molar-refractivity contribution in [2.75, 3.05) is 0 Å². The fourth-order valence-corrected chi connectivity index (χ4v) is 2.05. The quantitative estimate of drug-likeness (QED) is 0.779. The van der Waals surface area contributed by atoms with E-state index < -0.39 is 10.0 Å². The van der Waals surface area contributed by atoms with Crippen molar-refractivity contribution in [3.63, 3.8) is 0 Å². The molecule has 7 heteroatoms. The van der Waals surface area contributed by atoms with Gasteiger partial charge in [-0.2, -0.15) is 0 Å². The Bertz CT molecular complexity index is 443. The van der Waals surface area contributed by atoms with E-state index in [-0.39, 0.29) is 20.7 Å². The van der Waals surface area contributed by atoms with Crippen LogP contribution in [0.2, 0.25) is 10.0 Å². The Morgan fingerprint density at radius 1 is 1.23 bits per heavy atom. The standard InChI is InChI=1S/C6H5Cl2NO3S/c7-5-3(10)1-2-4(6(5)8)13(9,11)12/h1-2,10H,(H2,9,11,12). The lowest BCUT2D eigenvalue weighted by molar-refractivity contribution is 0.475. The summed E-state index contributed by atoms with van der Waals surface area (Å²) < 4.78 is 21.7. The van der Waals surface area contributed by atoms with Crippen LogP contribution in [0.15, 0.2) is 17.0 Å². The third kappa shape index (κ3) is 2.05. The molecule has 0 aliphatic carbocycles. The van der Waals surface area contributed by atoms with E-state index in [9.17, 15) is 8.42 Å². The van der Waals surface area contributed by atoms with Crippen molar-refractivity contribution >= 4 is 33.2 Å². The second-order valence-corrected chi connectivity index (χ2v) is 4.54. The lowest BCUT2D eigenvalue weighted by Crippen LogP contribution is -2.12. The van der Waals surface area contributed by atoms with E-state index >= 15 is 0 Å². The molecule has 0 aromatic heterocycles. The van der Waals surface area contributed by atoms with E-state index in [1.165, 1.54) is 0 Å². The zero-order valence-corrected chi connectivity index (χ0v) is 8.49. The number of hydrogen-bond acceptors (Lipinski definition) is 3. The summed E-state index contributed by atoms with van der Waals surface area (Å²) in [5.41, 5.74) is 0. The molecule has 0 aliphatic rings. The number of rotatable bonds is 1. The maximum absolute atomic E-state index is 10.9. The Morgan fingerprint density at radius 3 is 2.23 bits per heavy atom. The molecule has 0 spiro atoms. The van der Waals surface area contributed by atoms with Crippen LogP contribution in [-0.4, -0.2) is 13.5 Å². The number of aromatic hydroxyl groups is 1. The van der Waals surface area contributed by atoms with Gasteiger partial charge in [-0.15, -0.1) is 0 Å². The molecule has 1 rings (SSSR count). The van der Waals surface area contributed by atoms with Crippen LogP contribution in [0, 0.1) is 0 Å². The van der Waals surface area contributed by atoms with E-state index in [1.807, 2.05) is 0 Å². The van der Waals surface area contributed by atoms with Crippen LogP contribution in [0.4, 0.5) is 0 Å². The smallest absolute Gasteiger partial charge is 0.239 e. The highest BCUT2D eigenvalue weighted by molar-refractivity contribution is 7.89. The fraction of sp³-hybridized carbons (Fsp3) is 0. The first-order chi connectivity index (χ1) is 5.84. The molecule has 0 amide bonds. The van der Waals surface area contributed by atoms with Crippen molar-refractivity contribution < 1.29 is 13.5 Å². The number of phenols is 1. The van der Waals surface area contributed by atoms with Gasteiger partial charge in [0.2, 0.25) is 10.0 Å². The van der Waals surface area contributed by atoms with Gasteiger partial charge in [0.25, 0.3) is 0 Å². The van der Waals surface area contributed by atoms with Crippen molar-refractivity contribution in [1.29, 1.82) is 0 Å². The van der Waals surface area contributed by atoms with Crippen LogP contribution in [-0.2, 0) is 10.0 Å². The third-order valence-electron chi connectivity index (χ3n) is 1.33. The van der Waals surface area contributed by atoms with Crippen molar-refractivity contribution in [2.45, 2.75) is 4.90 Å². The summed E-state index contributed by atoms with van der Waals surface area (Å²) in [4.78, 5) is -0.308. The van der Waals surface area contributed by atoms with Gasteiger partial charge in [0.05, 0.1) is 5.02 Å². The molecule has 0 saturated carbocycles. The molecule has 1 aromatic rings. The van der Waals surface area contributed by atoms with Gasteiger partial charge in [-0.1, -0.05) is 23.2 Å². The molecular formula is C6H5Cl2NO3S. The van der Waals surface area contributed by atoms with Crippen molar-refractivity contribution in [3.8, 4) is 5.75 Å². The lowest BCUT2D eigenvalue weighted by Gasteiger charge is -2.04. The van der Waals surface area contributed by atoms with Crippen LogP contribution in [0.3, 0.4) is 0 Å². The van der Waals surface area contributed by atoms with Gasteiger partial charge in [-0.3, -0.25) is 0 Å². The Kier molecular flexibility index (Phi) is 2.72. The summed E-state index contributed by atoms with van der Waals surface area (Å²) >= 11 is 11.0. The Morgan fingerprint density at radius 2 is 1.77 bits per heavy atom. The monoisotopic (exact) mass is 241 g/mol. The molecule has 3 N–H and O–H groups in total. The molecule has 0 atom stereocenters. The van der Waals surface area contributed by atoms with Crippen LogP contribution >= 0.6 is 23.2 Å². The van der Waals surface area contributed by atoms with Gasteiger partial charge in [0.1, 0.15) is 15.7 Å². The molecule has 4 nitrogen and oxygen atoms in total. The summed E-state index contributed by atoms with van der Waals surface area (Å²) in [7, 11) is -3.90. The second-order valence-electron chi connectivity index (χ2n) is 2.26. The van der Waals surface area contributed by atoms with Crippen molar-refractivity contribution in [3.05, 3.63) is 22.2 Å². The summed E-state index contributed by atoms with van der Waals surface area (Å²) in [6, 6.07) is 2.19. The molecule has 0 radical (unpaired) electrons. The third-order valence-corrected chi connectivity index (χ3v) is 3.27.